The molecule has 1 aromatic rings. The Morgan fingerprint density at radius 2 is 2.22 bits per heavy atom. The van der Waals surface area contributed by atoms with Crippen molar-refractivity contribution in [3.8, 4) is 0 Å². The van der Waals surface area contributed by atoms with Gasteiger partial charge in [0.15, 0.2) is 17.5 Å². The summed E-state index contributed by atoms with van der Waals surface area (Å²) in [4.78, 5) is 0. The number of rotatable bonds is 5. The van der Waals surface area contributed by atoms with Crippen molar-refractivity contribution in [1.29, 1.82) is 0 Å². The Balaban J connectivity index is 1.77. The number of nitrogens with one attached hydrogen (secondary N) is 1. The Morgan fingerprint density at radius 1 is 1.35 bits per heavy atom. The summed E-state index contributed by atoms with van der Waals surface area (Å²) in [5, 5.41) is 16.7. The molecule has 0 spiro atoms. The molecule has 1 atom stereocenters. The van der Waals surface area contributed by atoms with Crippen LogP contribution in [-0.4, -0.2) is 53.5 Å². The van der Waals surface area contributed by atoms with E-state index in [-0.39, 0.29) is 30.7 Å². The summed E-state index contributed by atoms with van der Waals surface area (Å²) in [5.41, 5.74) is 2.85. The number of aliphatic hydroxyl groups is 1. The second-order valence-corrected chi connectivity index (χ2v) is 5.55. The number of nitrogens with zero attached hydrogens (tertiary/aromatic N) is 3. The van der Waals surface area contributed by atoms with Crippen molar-refractivity contribution in [1.82, 2.24) is 15.7 Å². The minimum atomic E-state index is -0.952. The smallest absolute Gasteiger partial charge is 0.176 e. The second-order valence-electron chi connectivity index (χ2n) is 5.55. The third-order valence-electron chi connectivity index (χ3n) is 3.96. The lowest BCUT2D eigenvalue weighted by Crippen LogP contribution is -2.51. The molecule has 23 heavy (non-hydrogen) atoms. The third-order valence-corrected chi connectivity index (χ3v) is 3.96. The summed E-state index contributed by atoms with van der Waals surface area (Å²) >= 11 is 0. The Morgan fingerprint density at radius 3 is 2.96 bits per heavy atom. The molecule has 6 nitrogen and oxygen atoms in total. The van der Waals surface area contributed by atoms with Crippen LogP contribution in [0.5, 0.6) is 0 Å². The zero-order chi connectivity index (χ0) is 16.2. The molecule has 1 saturated heterocycles. The molecule has 1 aromatic carbocycles. The van der Waals surface area contributed by atoms with Gasteiger partial charge in [-0.05, 0) is 31.4 Å². The van der Waals surface area contributed by atoms with Gasteiger partial charge in [0, 0.05) is 6.61 Å². The zero-order valence-corrected chi connectivity index (χ0v) is 12.7. The van der Waals surface area contributed by atoms with Gasteiger partial charge >= 0.3 is 0 Å². The molecular weight excluding hydrogens is 306 g/mol. The highest BCUT2D eigenvalue weighted by molar-refractivity contribution is 5.99. The van der Waals surface area contributed by atoms with Gasteiger partial charge in [0.25, 0.3) is 0 Å². The van der Waals surface area contributed by atoms with Crippen molar-refractivity contribution >= 4 is 5.84 Å². The van der Waals surface area contributed by atoms with Gasteiger partial charge < -0.3 is 9.84 Å². The van der Waals surface area contributed by atoms with Crippen LogP contribution in [-0.2, 0) is 4.74 Å². The van der Waals surface area contributed by atoms with Crippen molar-refractivity contribution in [2.45, 2.75) is 25.4 Å². The summed E-state index contributed by atoms with van der Waals surface area (Å²) in [6, 6.07) is 3.95. The minimum absolute atomic E-state index is 0.0457. The van der Waals surface area contributed by atoms with Gasteiger partial charge in [0.05, 0.1) is 31.4 Å². The highest BCUT2D eigenvalue weighted by Crippen LogP contribution is 2.20. The number of hydrogen-bond donors (Lipinski definition) is 2. The number of aliphatic hydroxyl groups excluding tert-OH is 1. The maximum absolute atomic E-state index is 14.0. The van der Waals surface area contributed by atoms with E-state index in [2.05, 4.69) is 10.6 Å². The van der Waals surface area contributed by atoms with Crippen LogP contribution in [0.15, 0.2) is 23.3 Å². The van der Waals surface area contributed by atoms with Gasteiger partial charge in [-0.2, -0.15) is 0 Å². The first-order chi connectivity index (χ1) is 11.2. The van der Waals surface area contributed by atoms with Crippen LogP contribution >= 0.6 is 0 Å². The van der Waals surface area contributed by atoms with E-state index in [1.54, 1.807) is 10.1 Å². The van der Waals surface area contributed by atoms with Gasteiger partial charge in [-0.25, -0.2) is 14.3 Å². The number of hydrogen-bond acceptors (Lipinski definition) is 6. The van der Waals surface area contributed by atoms with E-state index < -0.39 is 11.6 Å². The largest absolute Gasteiger partial charge is 0.394 e. The van der Waals surface area contributed by atoms with Crippen LogP contribution in [0.1, 0.15) is 24.8 Å². The first kappa shape index (κ1) is 16.1. The zero-order valence-electron chi connectivity index (χ0n) is 12.7. The predicted molar refractivity (Wildman–Crippen MR) is 80.1 cm³/mol. The SMILES string of the molecule is OCCN1C(c2cccc(F)c2F)=NNN1CC1CCCCO1. The fourth-order valence-electron chi connectivity index (χ4n) is 2.81. The summed E-state index contributed by atoms with van der Waals surface area (Å²) in [5.74, 6) is -1.64. The maximum atomic E-state index is 14.0. The predicted octanol–water partition coefficient (Wildman–Crippen LogP) is 1.22. The van der Waals surface area contributed by atoms with E-state index in [1.807, 2.05) is 0 Å². The van der Waals surface area contributed by atoms with Crippen molar-refractivity contribution in [2.75, 3.05) is 26.3 Å². The Kier molecular flexibility index (Phi) is 5.04. The second kappa shape index (κ2) is 7.20. The molecule has 126 valence electrons. The minimum Gasteiger partial charge on any atom is -0.394 e. The average molecular weight is 326 g/mol. The molecule has 3 rings (SSSR count). The molecule has 0 aromatic heterocycles. The topological polar surface area (TPSA) is 60.3 Å². The molecule has 2 aliphatic rings. The molecule has 8 heteroatoms. The number of hydrazine groups is 2. The molecule has 2 heterocycles. The number of amidine groups is 1. The fraction of sp³-hybridized carbons (Fsp3) is 0.533. The summed E-state index contributed by atoms with van der Waals surface area (Å²) in [6.07, 6.45) is 3.14. The van der Waals surface area contributed by atoms with Crippen molar-refractivity contribution in [2.24, 2.45) is 5.10 Å². The van der Waals surface area contributed by atoms with E-state index in [1.165, 1.54) is 12.1 Å². The van der Waals surface area contributed by atoms with E-state index in [4.69, 9.17) is 4.74 Å². The van der Waals surface area contributed by atoms with Gasteiger partial charge in [0.1, 0.15) is 0 Å². The van der Waals surface area contributed by atoms with Crippen molar-refractivity contribution in [3.05, 3.63) is 35.4 Å². The lowest BCUT2D eigenvalue weighted by atomic mass is 10.1. The highest BCUT2D eigenvalue weighted by atomic mass is 19.2. The molecule has 0 saturated carbocycles. The summed E-state index contributed by atoms with van der Waals surface area (Å²) in [7, 11) is 0. The lowest BCUT2D eigenvalue weighted by molar-refractivity contribution is -0.0681. The standard InChI is InChI=1S/C15H20F2N4O2/c16-13-6-3-5-12(14(13)17)15-18-19-21(20(15)7-8-22)10-11-4-1-2-9-23-11/h3,5-6,11,19,22H,1-2,4,7-10H2. The normalized spacial score (nSPS) is 22.1. The lowest BCUT2D eigenvalue weighted by Gasteiger charge is -2.33. The van der Waals surface area contributed by atoms with Gasteiger partial charge in [-0.15, -0.1) is 10.2 Å². The number of ether oxygens (including phenoxy) is 1. The van der Waals surface area contributed by atoms with Gasteiger partial charge in [-0.1, -0.05) is 6.07 Å². The summed E-state index contributed by atoms with van der Waals surface area (Å²) < 4.78 is 33.2. The Hall–Kier alpha value is -1.77. The number of halogens is 2. The van der Waals surface area contributed by atoms with Crippen LogP contribution in [0.2, 0.25) is 0 Å². The van der Waals surface area contributed by atoms with Crippen LogP contribution < -0.4 is 5.53 Å². The monoisotopic (exact) mass is 326 g/mol. The van der Waals surface area contributed by atoms with Crippen molar-refractivity contribution in [3.63, 3.8) is 0 Å². The molecule has 2 aliphatic heterocycles. The maximum Gasteiger partial charge on any atom is 0.176 e. The number of β-amino-alcohol motifs (C(OH)–C–C–N with tert-alkyl or cyclic N) is 1. The van der Waals surface area contributed by atoms with Crippen LogP contribution in [0.4, 0.5) is 8.78 Å². The number of hydrazone groups is 1. The third kappa shape index (κ3) is 3.44. The van der Waals surface area contributed by atoms with E-state index in [0.29, 0.717) is 6.54 Å². The molecule has 2 N–H and O–H groups in total. The molecular formula is C15H20F2N4O2. The molecule has 0 radical (unpaired) electrons. The van der Waals surface area contributed by atoms with E-state index in [0.717, 1.165) is 31.9 Å². The average Bonchev–Trinajstić information content (AvgIpc) is 2.94. The van der Waals surface area contributed by atoms with Crippen molar-refractivity contribution < 1.29 is 18.6 Å². The molecule has 0 bridgehead atoms. The first-order valence-electron chi connectivity index (χ1n) is 7.76. The Bertz CT molecular complexity index is 579. The van der Waals surface area contributed by atoms with Gasteiger partial charge in [-0.3, -0.25) is 5.01 Å². The first-order valence-corrected chi connectivity index (χ1v) is 7.76. The van der Waals surface area contributed by atoms with Gasteiger partial charge in [0.2, 0.25) is 0 Å². The molecule has 1 unspecified atom stereocenters. The summed E-state index contributed by atoms with van der Waals surface area (Å²) in [6.45, 7) is 1.32. The van der Waals surface area contributed by atoms with Crippen LogP contribution in [0.25, 0.3) is 0 Å². The fourth-order valence-corrected chi connectivity index (χ4v) is 2.81. The highest BCUT2D eigenvalue weighted by Gasteiger charge is 2.31. The van der Waals surface area contributed by atoms with E-state index >= 15 is 0 Å². The van der Waals surface area contributed by atoms with Crippen LogP contribution in [0, 0.1) is 11.6 Å². The molecule has 1 fully saturated rings. The number of benzene rings is 1. The molecule has 0 aliphatic carbocycles. The van der Waals surface area contributed by atoms with E-state index in [9.17, 15) is 13.9 Å². The Labute approximate surface area is 133 Å². The van der Waals surface area contributed by atoms with Crippen LogP contribution in [0.3, 0.4) is 0 Å². The molecule has 0 amide bonds. The quantitative estimate of drug-likeness (QED) is 0.852.